The molecule has 1 aliphatic rings. The Morgan fingerprint density at radius 2 is 1.83 bits per heavy atom. The lowest BCUT2D eigenvalue weighted by atomic mass is 10.1. The molecule has 156 valence electrons. The van der Waals surface area contributed by atoms with E-state index in [1.165, 1.54) is 0 Å². The van der Waals surface area contributed by atoms with E-state index < -0.39 is 6.04 Å². The van der Waals surface area contributed by atoms with Crippen molar-refractivity contribution in [3.05, 3.63) is 58.8 Å². The van der Waals surface area contributed by atoms with Crippen molar-refractivity contribution in [3.63, 3.8) is 0 Å². The Morgan fingerprint density at radius 1 is 1.14 bits per heavy atom. The monoisotopic (exact) mass is 398 g/mol. The van der Waals surface area contributed by atoms with Crippen molar-refractivity contribution in [1.29, 1.82) is 0 Å². The van der Waals surface area contributed by atoms with Crippen LogP contribution in [0.2, 0.25) is 0 Å². The van der Waals surface area contributed by atoms with Gasteiger partial charge in [0.25, 0.3) is 0 Å². The molecule has 1 aromatic carbocycles. The van der Waals surface area contributed by atoms with Crippen molar-refractivity contribution in [2.45, 2.75) is 32.2 Å². The molecule has 3 N–H and O–H groups in total. The highest BCUT2D eigenvalue weighted by molar-refractivity contribution is 5.95. The minimum Gasteiger partial charge on any atom is -0.372 e. The van der Waals surface area contributed by atoms with Crippen LogP contribution in [0.5, 0.6) is 0 Å². The SMILES string of the molecule is CCC=C(CNC(=O)C(CNC=O)=C1CC1)NC(C(=O)N(C)C)c1ccccc1. The Balaban J connectivity index is 2.10. The number of rotatable bonds is 11. The average molecular weight is 399 g/mol. The lowest BCUT2D eigenvalue weighted by molar-refractivity contribution is -0.130. The number of likely N-dealkylation sites (N-methyl/N-ethyl adjacent to an activating group) is 1. The molecule has 1 unspecified atom stereocenters. The fourth-order valence-electron chi connectivity index (χ4n) is 2.96. The van der Waals surface area contributed by atoms with Crippen LogP contribution < -0.4 is 16.0 Å². The zero-order valence-electron chi connectivity index (χ0n) is 17.3. The molecule has 0 aromatic heterocycles. The van der Waals surface area contributed by atoms with Gasteiger partial charge in [0, 0.05) is 31.9 Å². The third kappa shape index (κ3) is 6.78. The van der Waals surface area contributed by atoms with E-state index in [4.69, 9.17) is 0 Å². The Kier molecular flexibility index (Phi) is 8.45. The second-order valence-corrected chi connectivity index (χ2v) is 7.12. The molecule has 0 bridgehead atoms. The van der Waals surface area contributed by atoms with E-state index >= 15 is 0 Å². The highest BCUT2D eigenvalue weighted by atomic mass is 16.2. The average Bonchev–Trinajstić information content (AvgIpc) is 3.55. The lowest BCUT2D eigenvalue weighted by Crippen LogP contribution is -2.40. The number of hydrogen-bond acceptors (Lipinski definition) is 4. The summed E-state index contributed by atoms with van der Waals surface area (Å²) in [7, 11) is 3.44. The van der Waals surface area contributed by atoms with E-state index in [0.717, 1.165) is 36.1 Å². The first-order valence-corrected chi connectivity index (χ1v) is 9.85. The van der Waals surface area contributed by atoms with Gasteiger partial charge in [-0.1, -0.05) is 48.9 Å². The molecule has 1 saturated carbocycles. The smallest absolute Gasteiger partial charge is 0.249 e. The molecule has 0 saturated heterocycles. The van der Waals surface area contributed by atoms with Gasteiger partial charge in [-0.2, -0.15) is 0 Å². The molecule has 0 radical (unpaired) electrons. The van der Waals surface area contributed by atoms with Crippen LogP contribution >= 0.6 is 0 Å². The maximum absolute atomic E-state index is 12.7. The fourth-order valence-corrected chi connectivity index (χ4v) is 2.96. The third-order valence-corrected chi connectivity index (χ3v) is 4.60. The highest BCUT2D eigenvalue weighted by Gasteiger charge is 2.24. The minimum atomic E-state index is -0.543. The number of nitrogens with zero attached hydrogens (tertiary/aromatic N) is 1. The molecule has 1 aromatic rings. The summed E-state index contributed by atoms with van der Waals surface area (Å²) in [6, 6.07) is 8.96. The summed E-state index contributed by atoms with van der Waals surface area (Å²) < 4.78 is 0. The van der Waals surface area contributed by atoms with Gasteiger partial charge >= 0.3 is 0 Å². The van der Waals surface area contributed by atoms with Crippen LogP contribution in [0.25, 0.3) is 0 Å². The van der Waals surface area contributed by atoms with Gasteiger partial charge in [-0.3, -0.25) is 14.4 Å². The van der Waals surface area contributed by atoms with Gasteiger partial charge in [0.1, 0.15) is 6.04 Å². The zero-order valence-corrected chi connectivity index (χ0v) is 17.3. The normalized spacial score (nSPS) is 13.9. The Bertz CT molecular complexity index is 779. The Morgan fingerprint density at radius 3 is 2.38 bits per heavy atom. The summed E-state index contributed by atoms with van der Waals surface area (Å²) in [5.74, 6) is -0.258. The second kappa shape index (κ2) is 11.0. The number of benzene rings is 1. The van der Waals surface area contributed by atoms with E-state index in [1.807, 2.05) is 43.3 Å². The lowest BCUT2D eigenvalue weighted by Gasteiger charge is -2.25. The summed E-state index contributed by atoms with van der Waals surface area (Å²) in [5, 5.41) is 8.78. The summed E-state index contributed by atoms with van der Waals surface area (Å²) in [6.45, 7) is 2.51. The van der Waals surface area contributed by atoms with E-state index in [0.29, 0.717) is 12.0 Å². The van der Waals surface area contributed by atoms with E-state index in [1.54, 1.807) is 19.0 Å². The molecular formula is C22H30N4O3. The molecule has 29 heavy (non-hydrogen) atoms. The van der Waals surface area contributed by atoms with Gasteiger partial charge in [-0.05, 0) is 24.8 Å². The predicted molar refractivity (Wildman–Crippen MR) is 113 cm³/mol. The van der Waals surface area contributed by atoms with E-state index in [9.17, 15) is 14.4 Å². The zero-order chi connectivity index (χ0) is 21.2. The predicted octanol–water partition coefficient (Wildman–Crippen LogP) is 1.65. The summed E-state index contributed by atoms with van der Waals surface area (Å²) in [6.07, 6.45) is 5.11. The molecule has 3 amide bonds. The molecule has 7 nitrogen and oxygen atoms in total. The Labute approximate surface area is 172 Å². The van der Waals surface area contributed by atoms with Crippen LogP contribution in [0.15, 0.2) is 53.3 Å². The highest BCUT2D eigenvalue weighted by Crippen LogP contribution is 2.31. The van der Waals surface area contributed by atoms with Crippen molar-refractivity contribution in [2.75, 3.05) is 27.2 Å². The molecule has 1 atom stereocenters. The van der Waals surface area contributed by atoms with Crippen LogP contribution in [-0.2, 0) is 14.4 Å². The first-order chi connectivity index (χ1) is 14.0. The molecule has 0 aliphatic heterocycles. The summed E-state index contributed by atoms with van der Waals surface area (Å²) >= 11 is 0. The third-order valence-electron chi connectivity index (χ3n) is 4.60. The van der Waals surface area contributed by atoms with Gasteiger partial charge in [0.05, 0.1) is 6.54 Å². The first-order valence-electron chi connectivity index (χ1n) is 9.85. The van der Waals surface area contributed by atoms with Gasteiger partial charge in [-0.25, -0.2) is 0 Å². The number of amides is 3. The number of carbonyl (C=O) groups is 3. The molecule has 2 rings (SSSR count). The van der Waals surface area contributed by atoms with Crippen LogP contribution in [0.3, 0.4) is 0 Å². The number of nitrogens with one attached hydrogen (secondary N) is 3. The second-order valence-electron chi connectivity index (χ2n) is 7.12. The van der Waals surface area contributed by atoms with Gasteiger partial charge in [0.15, 0.2) is 0 Å². The van der Waals surface area contributed by atoms with Crippen LogP contribution in [0.4, 0.5) is 0 Å². The van der Waals surface area contributed by atoms with Crippen molar-refractivity contribution < 1.29 is 14.4 Å². The number of hydrogen-bond donors (Lipinski definition) is 3. The first kappa shape index (κ1) is 22.2. The van der Waals surface area contributed by atoms with Crippen molar-refractivity contribution in [1.82, 2.24) is 20.9 Å². The van der Waals surface area contributed by atoms with Crippen LogP contribution in [0.1, 0.15) is 37.8 Å². The summed E-state index contributed by atoms with van der Waals surface area (Å²) in [5.41, 5.74) is 3.33. The molecule has 1 aliphatic carbocycles. The number of allylic oxidation sites excluding steroid dienone is 2. The molecule has 0 heterocycles. The van der Waals surface area contributed by atoms with Crippen molar-refractivity contribution >= 4 is 18.2 Å². The molecular weight excluding hydrogens is 368 g/mol. The quantitative estimate of drug-likeness (QED) is 0.391. The molecule has 1 fully saturated rings. The maximum atomic E-state index is 12.7. The standard InChI is InChI=1S/C22H30N4O3/c1-4-8-18(13-24-21(28)19(14-23-15-27)16-11-12-16)25-20(22(29)26(2)3)17-9-6-5-7-10-17/h5-10,15,20,25H,4,11-14H2,1-3H3,(H,23,27)(H,24,28). The van der Waals surface area contributed by atoms with Crippen LogP contribution in [0, 0.1) is 0 Å². The van der Waals surface area contributed by atoms with E-state index in [2.05, 4.69) is 16.0 Å². The maximum Gasteiger partial charge on any atom is 0.249 e. The fraction of sp³-hybridized carbons (Fsp3) is 0.409. The topological polar surface area (TPSA) is 90.5 Å². The van der Waals surface area contributed by atoms with Crippen molar-refractivity contribution in [3.8, 4) is 0 Å². The largest absolute Gasteiger partial charge is 0.372 e. The van der Waals surface area contributed by atoms with Crippen molar-refractivity contribution in [2.24, 2.45) is 0 Å². The molecule has 7 heteroatoms. The summed E-state index contributed by atoms with van der Waals surface area (Å²) in [4.78, 5) is 37.5. The van der Waals surface area contributed by atoms with E-state index in [-0.39, 0.29) is 24.9 Å². The van der Waals surface area contributed by atoms with Gasteiger partial charge in [0.2, 0.25) is 18.2 Å². The minimum absolute atomic E-state index is 0.0690. The Hall–Kier alpha value is -3.09. The van der Waals surface area contributed by atoms with Crippen LogP contribution in [-0.4, -0.2) is 50.3 Å². The molecule has 0 spiro atoms. The van der Waals surface area contributed by atoms with Gasteiger partial charge in [-0.15, -0.1) is 0 Å². The van der Waals surface area contributed by atoms with Gasteiger partial charge < -0.3 is 20.9 Å². The number of carbonyl (C=O) groups excluding carboxylic acids is 3.